The summed E-state index contributed by atoms with van der Waals surface area (Å²) in [5.41, 5.74) is 0. The zero-order chi connectivity index (χ0) is 16.7. The average Bonchev–Trinajstić information content (AvgIpc) is 2.40. The Morgan fingerprint density at radius 3 is 1.62 bits per heavy atom. The highest BCUT2D eigenvalue weighted by atomic mass is 32.3. The van der Waals surface area contributed by atoms with Gasteiger partial charge in [-0.3, -0.25) is 13.7 Å². The van der Waals surface area contributed by atoms with Crippen LogP contribution in [0.3, 0.4) is 0 Å². The second-order valence-electron chi connectivity index (χ2n) is 4.76. The van der Waals surface area contributed by atoms with Crippen LogP contribution in [0.2, 0.25) is 0 Å². The molecule has 0 fully saturated rings. The fourth-order valence-electron chi connectivity index (χ4n) is 1.83. The van der Waals surface area contributed by atoms with Crippen LogP contribution < -0.4 is 0 Å². The van der Waals surface area contributed by atoms with Crippen LogP contribution in [-0.4, -0.2) is 62.1 Å². The van der Waals surface area contributed by atoms with E-state index >= 15 is 0 Å². The van der Waals surface area contributed by atoms with Crippen molar-refractivity contribution in [2.45, 2.75) is 53.4 Å². The van der Waals surface area contributed by atoms with Crippen LogP contribution in [0.15, 0.2) is 0 Å². The van der Waals surface area contributed by atoms with Crippen molar-refractivity contribution in [1.82, 2.24) is 4.90 Å². The lowest BCUT2D eigenvalue weighted by atomic mass is 10.3. The van der Waals surface area contributed by atoms with Gasteiger partial charge in [-0.1, -0.05) is 27.7 Å². The Bertz CT molecular complexity index is 342. The van der Waals surface area contributed by atoms with Crippen LogP contribution in [0.5, 0.6) is 0 Å². The molecule has 0 amide bonds. The van der Waals surface area contributed by atoms with Crippen molar-refractivity contribution in [3.63, 3.8) is 0 Å². The van der Waals surface area contributed by atoms with Gasteiger partial charge in [0.15, 0.2) is 0 Å². The molecule has 0 aliphatic carbocycles. The predicted molar refractivity (Wildman–Crippen MR) is 85.5 cm³/mol. The van der Waals surface area contributed by atoms with Gasteiger partial charge >= 0.3 is 0 Å². The van der Waals surface area contributed by atoms with Crippen molar-refractivity contribution >= 4 is 16.7 Å². The average molecular weight is 324 g/mol. The first kappa shape index (κ1) is 22.6. The van der Waals surface area contributed by atoms with E-state index in [1.165, 1.54) is 51.9 Å². The van der Waals surface area contributed by atoms with Gasteiger partial charge in [0.05, 0.1) is 33.3 Å². The molecule has 21 heavy (non-hydrogen) atoms. The quantitative estimate of drug-likeness (QED) is 0.202. The first-order valence-electron chi connectivity index (χ1n) is 7.68. The third kappa shape index (κ3) is 17.3. The standard InChI is InChI=1S/C13H29N2.CH4O4S/c1-5-9-14(10-6-2)13-15(11-7-3)12-8-4;1-5-6(2,3)4/h13H,5-12H2,1-4H3;1H3,(H,2,3,4)/q+1;/p-1. The highest BCUT2D eigenvalue weighted by Crippen LogP contribution is 1.92. The third-order valence-electron chi connectivity index (χ3n) is 2.57. The summed E-state index contributed by atoms with van der Waals surface area (Å²) in [5, 5.41) is 0. The molecule has 0 N–H and O–H groups in total. The zero-order valence-electron chi connectivity index (χ0n) is 14.2. The second kappa shape index (κ2) is 14.3. The van der Waals surface area contributed by atoms with Crippen molar-refractivity contribution in [1.29, 1.82) is 0 Å². The third-order valence-corrected chi connectivity index (χ3v) is 2.98. The maximum atomic E-state index is 9.22. The molecule has 0 rings (SSSR count). The summed E-state index contributed by atoms with van der Waals surface area (Å²) in [4.78, 5) is 2.46. The van der Waals surface area contributed by atoms with Gasteiger partial charge in [-0.05, 0) is 25.7 Å². The molecule has 0 aliphatic heterocycles. The van der Waals surface area contributed by atoms with E-state index in [2.05, 4.69) is 47.7 Å². The summed E-state index contributed by atoms with van der Waals surface area (Å²) in [7, 11) is -3.60. The Morgan fingerprint density at radius 1 is 1.00 bits per heavy atom. The van der Waals surface area contributed by atoms with Crippen molar-refractivity contribution in [2.75, 3.05) is 33.3 Å². The highest BCUT2D eigenvalue weighted by molar-refractivity contribution is 7.80. The molecule has 0 aromatic carbocycles. The van der Waals surface area contributed by atoms with E-state index in [-0.39, 0.29) is 0 Å². The molecular weight excluding hydrogens is 292 g/mol. The van der Waals surface area contributed by atoms with Crippen LogP contribution >= 0.6 is 0 Å². The molecule has 0 aliphatic rings. The number of rotatable bonds is 10. The normalized spacial score (nSPS) is 10.6. The van der Waals surface area contributed by atoms with Crippen LogP contribution in [0.1, 0.15) is 53.4 Å². The predicted octanol–water partition coefficient (Wildman–Crippen LogP) is 2.06. The van der Waals surface area contributed by atoms with E-state index in [0.717, 1.165) is 7.11 Å². The lowest BCUT2D eigenvalue weighted by Crippen LogP contribution is -2.30. The van der Waals surface area contributed by atoms with Crippen molar-refractivity contribution < 1.29 is 21.7 Å². The minimum absolute atomic E-state index is 0.808. The molecule has 0 saturated heterocycles. The first-order chi connectivity index (χ1) is 9.84. The van der Waals surface area contributed by atoms with Crippen molar-refractivity contribution in [3.8, 4) is 0 Å². The molecule has 0 aromatic rings. The van der Waals surface area contributed by atoms with Crippen molar-refractivity contribution in [3.05, 3.63) is 0 Å². The first-order valence-corrected chi connectivity index (χ1v) is 9.02. The lowest BCUT2D eigenvalue weighted by molar-refractivity contribution is -0.527. The van der Waals surface area contributed by atoms with E-state index < -0.39 is 10.4 Å². The van der Waals surface area contributed by atoms with Gasteiger partial charge in [0.2, 0.25) is 16.7 Å². The Kier molecular flexibility index (Phi) is 15.4. The summed E-state index contributed by atoms with van der Waals surface area (Å²) in [6, 6.07) is 0. The summed E-state index contributed by atoms with van der Waals surface area (Å²) in [6.45, 7) is 13.8. The van der Waals surface area contributed by atoms with Gasteiger partial charge in [-0.15, -0.1) is 0 Å². The monoisotopic (exact) mass is 324 g/mol. The smallest absolute Gasteiger partial charge is 0.234 e. The number of nitrogens with zero attached hydrogens (tertiary/aromatic N) is 2. The van der Waals surface area contributed by atoms with E-state index in [1.54, 1.807) is 0 Å². The zero-order valence-corrected chi connectivity index (χ0v) is 15.0. The lowest BCUT2D eigenvalue weighted by Gasteiger charge is -2.14. The SMILES string of the molecule is CCCN(C=[N+](CCC)CCC)CCC.COS(=O)(=O)[O-]. The Labute approximate surface area is 130 Å². The van der Waals surface area contributed by atoms with Gasteiger partial charge in [0.25, 0.3) is 0 Å². The summed E-state index contributed by atoms with van der Waals surface area (Å²) < 4.78 is 33.5. The van der Waals surface area contributed by atoms with E-state index in [4.69, 9.17) is 0 Å². The second-order valence-corrected chi connectivity index (χ2v) is 5.91. The van der Waals surface area contributed by atoms with Gasteiger partial charge in [0.1, 0.15) is 0 Å². The highest BCUT2D eigenvalue weighted by Gasteiger charge is 2.06. The van der Waals surface area contributed by atoms with E-state index in [1.807, 2.05) is 0 Å². The van der Waals surface area contributed by atoms with Crippen LogP contribution in [-0.2, 0) is 14.6 Å². The molecule has 0 unspecified atom stereocenters. The van der Waals surface area contributed by atoms with Gasteiger partial charge < -0.3 is 4.55 Å². The minimum atomic E-state index is -4.41. The molecule has 0 radical (unpaired) electrons. The number of hydrogen-bond acceptors (Lipinski definition) is 4. The summed E-state index contributed by atoms with van der Waals surface area (Å²) in [5.74, 6) is 0. The molecule has 0 heterocycles. The Morgan fingerprint density at radius 2 is 1.38 bits per heavy atom. The molecule has 0 spiro atoms. The molecule has 128 valence electrons. The minimum Gasteiger partial charge on any atom is -0.726 e. The fourth-order valence-corrected chi connectivity index (χ4v) is 1.83. The van der Waals surface area contributed by atoms with Crippen molar-refractivity contribution in [2.24, 2.45) is 0 Å². The molecule has 7 heteroatoms. The molecule has 0 bridgehead atoms. The molecule has 0 atom stereocenters. The van der Waals surface area contributed by atoms with Crippen LogP contribution in [0.4, 0.5) is 0 Å². The van der Waals surface area contributed by atoms with Crippen LogP contribution in [0, 0.1) is 0 Å². The van der Waals surface area contributed by atoms with Gasteiger partial charge in [-0.2, -0.15) is 0 Å². The summed E-state index contributed by atoms with van der Waals surface area (Å²) >= 11 is 0. The largest absolute Gasteiger partial charge is 0.726 e. The fraction of sp³-hybridized carbons (Fsp3) is 0.929. The molecule has 0 aromatic heterocycles. The maximum Gasteiger partial charge on any atom is 0.234 e. The molecular formula is C14H32N2O4S. The van der Waals surface area contributed by atoms with Gasteiger partial charge in [0, 0.05) is 0 Å². The van der Waals surface area contributed by atoms with E-state index in [9.17, 15) is 13.0 Å². The Hall–Kier alpha value is -0.660. The molecule has 6 nitrogen and oxygen atoms in total. The Balaban J connectivity index is 0. The van der Waals surface area contributed by atoms with E-state index in [0.29, 0.717) is 0 Å². The topological polar surface area (TPSA) is 72.7 Å². The number of hydrogen-bond donors (Lipinski definition) is 0. The maximum absolute atomic E-state index is 9.22. The molecule has 0 saturated carbocycles. The van der Waals surface area contributed by atoms with Gasteiger partial charge in [-0.25, -0.2) is 8.42 Å². The van der Waals surface area contributed by atoms with Crippen LogP contribution in [0.25, 0.3) is 0 Å². The summed E-state index contributed by atoms with van der Waals surface area (Å²) in [6.07, 6.45) is 7.30.